The van der Waals surface area contributed by atoms with Gasteiger partial charge in [-0.3, -0.25) is 9.59 Å². The minimum absolute atomic E-state index is 0.0319. The molecule has 2 heterocycles. The molecule has 0 saturated carbocycles. The van der Waals surface area contributed by atoms with Gasteiger partial charge >= 0.3 is 0 Å². The zero-order chi connectivity index (χ0) is 12.3. The van der Waals surface area contributed by atoms with E-state index in [9.17, 15) is 9.59 Å². The first-order chi connectivity index (χ1) is 8.19. The van der Waals surface area contributed by atoms with Gasteiger partial charge < -0.3 is 10.3 Å². The Hall–Kier alpha value is -2.18. The number of carbonyl (C=O) groups is 2. The Labute approximate surface area is 97.7 Å². The number of hydrazone groups is 1. The maximum Gasteiger partial charge on any atom is 0.268 e. The molecule has 90 valence electrons. The number of carbonyl (C=O) groups excluding carboxylic acids is 2. The molecule has 0 spiro atoms. The lowest BCUT2D eigenvalue weighted by atomic mass is 10.2. The fraction of sp³-hybridized carbons (Fsp3) is 0.400. The van der Waals surface area contributed by atoms with E-state index in [1.165, 1.54) is 0 Å². The molecule has 0 bridgehead atoms. The van der Waals surface area contributed by atoms with Crippen molar-refractivity contribution in [1.29, 1.82) is 0 Å². The van der Waals surface area contributed by atoms with E-state index < -0.39 is 0 Å². The highest BCUT2D eigenvalue weighted by Crippen LogP contribution is 1.99. The lowest BCUT2D eigenvalue weighted by Gasteiger charge is -2.00. The average molecular weight is 235 g/mol. The van der Waals surface area contributed by atoms with E-state index in [0.717, 1.165) is 12.1 Å². The van der Waals surface area contributed by atoms with Gasteiger partial charge in [-0.25, -0.2) is 10.4 Å². The number of H-pyrrole nitrogens is 1. The van der Waals surface area contributed by atoms with Crippen LogP contribution in [0.1, 0.15) is 24.9 Å². The molecule has 2 amide bonds. The van der Waals surface area contributed by atoms with Crippen LogP contribution in [-0.2, 0) is 22.6 Å². The summed E-state index contributed by atoms with van der Waals surface area (Å²) in [4.78, 5) is 29.6. The molecular weight excluding hydrogens is 222 g/mol. The maximum absolute atomic E-state index is 11.6. The van der Waals surface area contributed by atoms with E-state index in [1.54, 1.807) is 6.20 Å². The number of hydrogen-bond donors (Lipinski definition) is 3. The molecule has 1 aromatic rings. The van der Waals surface area contributed by atoms with Gasteiger partial charge in [-0.05, 0) is 6.42 Å². The molecule has 7 heteroatoms. The first-order valence-electron chi connectivity index (χ1n) is 5.35. The second-order valence-corrected chi connectivity index (χ2v) is 3.66. The molecule has 1 aliphatic heterocycles. The zero-order valence-corrected chi connectivity index (χ0v) is 9.41. The number of aromatic nitrogens is 2. The summed E-state index contributed by atoms with van der Waals surface area (Å²) in [6.07, 6.45) is 2.63. The molecule has 0 unspecified atom stereocenters. The summed E-state index contributed by atoms with van der Waals surface area (Å²) < 4.78 is 0. The highest BCUT2D eigenvalue weighted by molar-refractivity contribution is 6.43. The Morgan fingerprint density at radius 3 is 3.00 bits per heavy atom. The fourth-order valence-corrected chi connectivity index (χ4v) is 1.43. The highest BCUT2D eigenvalue weighted by atomic mass is 16.2. The van der Waals surface area contributed by atoms with Crippen molar-refractivity contribution < 1.29 is 9.59 Å². The number of rotatable bonds is 4. The molecule has 17 heavy (non-hydrogen) atoms. The van der Waals surface area contributed by atoms with Crippen molar-refractivity contribution in [2.75, 3.05) is 0 Å². The van der Waals surface area contributed by atoms with Crippen LogP contribution < -0.4 is 10.7 Å². The molecule has 0 radical (unpaired) electrons. The van der Waals surface area contributed by atoms with E-state index in [1.807, 2.05) is 6.92 Å². The average Bonchev–Trinajstić information content (AvgIpc) is 2.94. The number of nitrogens with zero attached hydrogens (tertiary/aromatic N) is 2. The molecule has 0 fully saturated rings. The minimum Gasteiger partial charge on any atom is -0.344 e. The number of nitrogens with one attached hydrogen (secondary N) is 3. The van der Waals surface area contributed by atoms with Crippen LogP contribution in [0.25, 0.3) is 0 Å². The zero-order valence-electron chi connectivity index (χ0n) is 9.41. The van der Waals surface area contributed by atoms with Gasteiger partial charge in [-0.1, -0.05) is 6.92 Å². The van der Waals surface area contributed by atoms with Gasteiger partial charge in [0.15, 0.2) is 0 Å². The quantitative estimate of drug-likeness (QED) is 0.653. The highest BCUT2D eigenvalue weighted by Gasteiger charge is 2.21. The van der Waals surface area contributed by atoms with Crippen LogP contribution in [0.15, 0.2) is 11.3 Å². The Morgan fingerprint density at radius 2 is 2.41 bits per heavy atom. The third kappa shape index (κ3) is 2.68. The van der Waals surface area contributed by atoms with Gasteiger partial charge in [-0.2, -0.15) is 5.10 Å². The molecule has 0 aliphatic carbocycles. The summed E-state index contributed by atoms with van der Waals surface area (Å²) in [6, 6.07) is 0. The lowest BCUT2D eigenvalue weighted by molar-refractivity contribution is -0.120. The van der Waals surface area contributed by atoms with Crippen molar-refractivity contribution in [3.63, 3.8) is 0 Å². The normalized spacial score (nSPS) is 14.4. The van der Waals surface area contributed by atoms with Gasteiger partial charge in [-0.15, -0.1) is 0 Å². The summed E-state index contributed by atoms with van der Waals surface area (Å²) in [5, 5.41) is 6.27. The predicted octanol–water partition coefficient (Wildman–Crippen LogP) is -0.536. The van der Waals surface area contributed by atoms with Gasteiger partial charge in [0.2, 0.25) is 5.91 Å². The third-order valence-electron chi connectivity index (χ3n) is 2.38. The van der Waals surface area contributed by atoms with E-state index >= 15 is 0 Å². The molecule has 0 atom stereocenters. The predicted molar refractivity (Wildman–Crippen MR) is 60.0 cm³/mol. The molecule has 0 saturated heterocycles. The number of hydrogen-bond acceptors (Lipinski definition) is 4. The summed E-state index contributed by atoms with van der Waals surface area (Å²) >= 11 is 0. The van der Waals surface area contributed by atoms with E-state index in [2.05, 4.69) is 25.8 Å². The van der Waals surface area contributed by atoms with Gasteiger partial charge in [0, 0.05) is 11.9 Å². The Bertz CT molecular complexity index is 477. The minimum atomic E-state index is -0.349. The molecule has 1 aromatic heterocycles. The number of aromatic amines is 1. The third-order valence-corrected chi connectivity index (χ3v) is 2.38. The van der Waals surface area contributed by atoms with E-state index in [0.29, 0.717) is 12.4 Å². The fourth-order valence-electron chi connectivity index (χ4n) is 1.43. The van der Waals surface area contributed by atoms with E-state index in [-0.39, 0.29) is 23.9 Å². The van der Waals surface area contributed by atoms with Crippen molar-refractivity contribution in [2.24, 2.45) is 5.10 Å². The molecule has 0 aromatic carbocycles. The largest absolute Gasteiger partial charge is 0.344 e. The smallest absolute Gasteiger partial charge is 0.268 e. The Morgan fingerprint density at radius 1 is 1.59 bits per heavy atom. The number of aryl methyl sites for hydroxylation is 1. The van der Waals surface area contributed by atoms with Crippen molar-refractivity contribution in [3.8, 4) is 0 Å². The molecular formula is C10H13N5O2. The first kappa shape index (κ1) is 11.3. The van der Waals surface area contributed by atoms with Crippen LogP contribution in [0.5, 0.6) is 0 Å². The summed E-state index contributed by atoms with van der Waals surface area (Å²) in [6.45, 7) is 2.31. The standard InChI is InChI=1S/C10H13N5O2/c1-2-6-4-11-8(13-6)5-12-10(17)7-3-9(16)15-14-7/h4H,2-3,5H2,1H3,(H,11,13)(H,12,17)(H,15,16). The van der Waals surface area contributed by atoms with Crippen molar-refractivity contribution >= 4 is 17.5 Å². The maximum atomic E-state index is 11.6. The summed E-state index contributed by atoms with van der Waals surface area (Å²) in [7, 11) is 0. The van der Waals surface area contributed by atoms with Crippen LogP contribution in [-0.4, -0.2) is 27.5 Å². The van der Waals surface area contributed by atoms with Crippen LogP contribution in [0.3, 0.4) is 0 Å². The van der Waals surface area contributed by atoms with Gasteiger partial charge in [0.1, 0.15) is 11.5 Å². The van der Waals surface area contributed by atoms with Crippen LogP contribution in [0.2, 0.25) is 0 Å². The van der Waals surface area contributed by atoms with Crippen molar-refractivity contribution in [1.82, 2.24) is 20.7 Å². The lowest BCUT2D eigenvalue weighted by Crippen LogP contribution is -2.30. The monoisotopic (exact) mass is 235 g/mol. The Balaban J connectivity index is 1.86. The van der Waals surface area contributed by atoms with Crippen LogP contribution >= 0.6 is 0 Å². The summed E-state index contributed by atoms with van der Waals surface area (Å²) in [5.41, 5.74) is 3.45. The number of imidazole rings is 1. The van der Waals surface area contributed by atoms with E-state index in [4.69, 9.17) is 0 Å². The van der Waals surface area contributed by atoms with Gasteiger partial charge in [0.05, 0.1) is 13.0 Å². The molecule has 2 rings (SSSR count). The number of amides is 2. The van der Waals surface area contributed by atoms with Crippen molar-refractivity contribution in [3.05, 3.63) is 17.7 Å². The topological polar surface area (TPSA) is 99.2 Å². The molecule has 3 N–H and O–H groups in total. The Kier molecular flexibility index (Phi) is 3.17. The molecule has 7 nitrogen and oxygen atoms in total. The SMILES string of the molecule is CCc1cnc(CNC(=O)C2=NNC(=O)C2)[nH]1. The van der Waals surface area contributed by atoms with Crippen LogP contribution in [0.4, 0.5) is 0 Å². The first-order valence-corrected chi connectivity index (χ1v) is 5.35. The second-order valence-electron chi connectivity index (χ2n) is 3.66. The molecule has 1 aliphatic rings. The second kappa shape index (κ2) is 4.77. The van der Waals surface area contributed by atoms with Crippen molar-refractivity contribution in [2.45, 2.75) is 26.3 Å². The summed E-state index contributed by atoms with van der Waals surface area (Å²) in [5.74, 6) is 0.0762. The van der Waals surface area contributed by atoms with Crippen LogP contribution in [0, 0.1) is 0 Å². The van der Waals surface area contributed by atoms with Gasteiger partial charge in [0.25, 0.3) is 5.91 Å².